The number of thiazole rings is 1. The van der Waals surface area contributed by atoms with E-state index in [1.165, 1.54) is 16.2 Å². The zero-order chi connectivity index (χ0) is 9.10. The summed E-state index contributed by atoms with van der Waals surface area (Å²) in [5.41, 5.74) is 0. The van der Waals surface area contributed by atoms with E-state index in [2.05, 4.69) is 4.98 Å². The van der Waals surface area contributed by atoms with Crippen molar-refractivity contribution in [3.63, 3.8) is 0 Å². The van der Waals surface area contributed by atoms with Crippen molar-refractivity contribution in [2.24, 2.45) is 0 Å². The van der Waals surface area contributed by atoms with Gasteiger partial charge in [-0.2, -0.15) is 4.98 Å². The highest BCUT2D eigenvalue weighted by Gasteiger charge is 2.01. The topological polar surface area (TPSA) is 22.1 Å². The second-order valence-electron chi connectivity index (χ2n) is 2.30. The Bertz CT molecular complexity index is 371. The van der Waals surface area contributed by atoms with Crippen LogP contribution in [0.2, 0.25) is 5.15 Å². The Morgan fingerprint density at radius 2 is 2.38 bits per heavy atom. The lowest BCUT2D eigenvalue weighted by atomic mass is 10.5. The van der Waals surface area contributed by atoms with Gasteiger partial charge in [0.15, 0.2) is 0 Å². The molecule has 0 amide bonds. The lowest BCUT2D eigenvalue weighted by molar-refractivity contribution is 0.308. The summed E-state index contributed by atoms with van der Waals surface area (Å²) in [6, 6.07) is 4.03. The van der Waals surface area contributed by atoms with Gasteiger partial charge in [-0.25, -0.2) is 0 Å². The van der Waals surface area contributed by atoms with E-state index in [0.717, 1.165) is 0 Å². The smallest absolute Gasteiger partial charge is 0.274 e. The first-order valence-corrected chi connectivity index (χ1v) is 5.74. The Morgan fingerprint density at radius 3 is 3.00 bits per heavy atom. The molecule has 2 nitrogen and oxygen atoms in total. The highest BCUT2D eigenvalue weighted by Crippen LogP contribution is 2.22. The minimum absolute atomic E-state index is 0.492. The van der Waals surface area contributed by atoms with Gasteiger partial charge in [-0.05, 0) is 11.4 Å². The third kappa shape index (κ3) is 2.43. The number of hydrogen-bond acceptors (Lipinski definition) is 4. The van der Waals surface area contributed by atoms with Crippen LogP contribution in [-0.2, 0) is 6.61 Å². The van der Waals surface area contributed by atoms with Crippen LogP contribution >= 0.6 is 34.3 Å². The summed E-state index contributed by atoms with van der Waals surface area (Å²) in [5, 5.41) is 4.89. The van der Waals surface area contributed by atoms with E-state index >= 15 is 0 Å². The van der Waals surface area contributed by atoms with Gasteiger partial charge in [0, 0.05) is 10.3 Å². The average molecular weight is 232 g/mol. The number of halogens is 1. The summed E-state index contributed by atoms with van der Waals surface area (Å²) in [5.74, 6) is 0. The molecule has 0 saturated heterocycles. The van der Waals surface area contributed by atoms with E-state index in [4.69, 9.17) is 16.3 Å². The van der Waals surface area contributed by atoms with Crippen LogP contribution < -0.4 is 4.74 Å². The van der Waals surface area contributed by atoms with Gasteiger partial charge >= 0.3 is 0 Å². The molecule has 13 heavy (non-hydrogen) atoms. The van der Waals surface area contributed by atoms with Gasteiger partial charge in [0.25, 0.3) is 5.19 Å². The summed E-state index contributed by atoms with van der Waals surface area (Å²) >= 11 is 8.72. The Balaban J connectivity index is 1.93. The summed E-state index contributed by atoms with van der Waals surface area (Å²) in [6.45, 7) is 0.571. The molecule has 0 unspecified atom stereocenters. The van der Waals surface area contributed by atoms with E-state index in [0.29, 0.717) is 17.0 Å². The maximum atomic E-state index is 5.64. The van der Waals surface area contributed by atoms with Crippen molar-refractivity contribution in [1.82, 2.24) is 4.98 Å². The molecule has 0 radical (unpaired) electrons. The fourth-order valence-corrected chi connectivity index (χ4v) is 2.24. The third-order valence-electron chi connectivity index (χ3n) is 1.37. The molecule has 5 heteroatoms. The predicted molar refractivity (Wildman–Crippen MR) is 55.8 cm³/mol. The van der Waals surface area contributed by atoms with Gasteiger partial charge in [0.1, 0.15) is 11.8 Å². The number of ether oxygens (including phenoxy) is 1. The number of aromatic nitrogens is 1. The molecule has 2 aromatic rings. The van der Waals surface area contributed by atoms with E-state index in [1.54, 1.807) is 16.7 Å². The molecule has 0 spiro atoms. The molecule has 0 bridgehead atoms. The van der Waals surface area contributed by atoms with Crippen molar-refractivity contribution in [3.05, 3.63) is 32.9 Å². The Morgan fingerprint density at radius 1 is 1.46 bits per heavy atom. The van der Waals surface area contributed by atoms with Crippen molar-refractivity contribution in [2.45, 2.75) is 6.61 Å². The van der Waals surface area contributed by atoms with E-state index in [1.807, 2.05) is 17.5 Å². The number of thiophene rings is 1. The first kappa shape index (κ1) is 8.99. The largest absolute Gasteiger partial charge is 0.464 e. The maximum absolute atomic E-state index is 5.64. The zero-order valence-electron chi connectivity index (χ0n) is 6.57. The Labute approximate surface area is 88.8 Å². The second-order valence-corrected chi connectivity index (χ2v) is 4.54. The van der Waals surface area contributed by atoms with Crippen molar-refractivity contribution in [3.8, 4) is 5.19 Å². The van der Waals surface area contributed by atoms with Gasteiger partial charge in [-0.15, -0.1) is 11.3 Å². The minimum atomic E-state index is 0.492. The highest BCUT2D eigenvalue weighted by atomic mass is 35.5. The van der Waals surface area contributed by atoms with Crippen LogP contribution in [0.3, 0.4) is 0 Å². The number of rotatable bonds is 3. The molecule has 2 heterocycles. The van der Waals surface area contributed by atoms with Gasteiger partial charge in [0.05, 0.1) is 0 Å². The fraction of sp³-hybridized carbons (Fsp3) is 0.125. The third-order valence-corrected chi connectivity index (χ3v) is 3.30. The van der Waals surface area contributed by atoms with Gasteiger partial charge in [-0.1, -0.05) is 29.0 Å². The van der Waals surface area contributed by atoms with Gasteiger partial charge in [0.2, 0.25) is 0 Å². The van der Waals surface area contributed by atoms with E-state index in [-0.39, 0.29) is 0 Å². The van der Waals surface area contributed by atoms with Crippen molar-refractivity contribution >= 4 is 34.3 Å². The predicted octanol–water partition coefficient (Wildman–Crippen LogP) is 3.44. The van der Waals surface area contributed by atoms with Gasteiger partial charge in [-0.3, -0.25) is 0 Å². The summed E-state index contributed by atoms with van der Waals surface area (Å²) in [4.78, 5) is 5.16. The Kier molecular flexibility index (Phi) is 2.83. The normalized spacial score (nSPS) is 10.2. The summed E-state index contributed by atoms with van der Waals surface area (Å²) < 4.78 is 5.40. The molecular weight excluding hydrogens is 226 g/mol. The molecule has 2 rings (SSSR count). The van der Waals surface area contributed by atoms with Crippen molar-refractivity contribution < 1.29 is 4.74 Å². The number of nitrogens with zero attached hydrogens (tertiary/aromatic N) is 1. The standard InChI is InChI=1S/C8H6ClNOS2/c9-7-5-13-8(10-7)11-4-6-2-1-3-12-6/h1-3,5H,4H2. The SMILES string of the molecule is Clc1csc(OCc2cccs2)n1. The second kappa shape index (κ2) is 4.09. The van der Waals surface area contributed by atoms with E-state index in [9.17, 15) is 0 Å². The number of hydrogen-bond donors (Lipinski definition) is 0. The van der Waals surface area contributed by atoms with Crippen LogP contribution in [0.15, 0.2) is 22.9 Å². The van der Waals surface area contributed by atoms with Crippen LogP contribution in [0.5, 0.6) is 5.19 Å². The lowest BCUT2D eigenvalue weighted by Crippen LogP contribution is -1.91. The van der Waals surface area contributed by atoms with Crippen LogP contribution in [0.4, 0.5) is 0 Å². The van der Waals surface area contributed by atoms with Crippen LogP contribution in [0.1, 0.15) is 4.88 Å². The molecule has 0 N–H and O–H groups in total. The summed E-state index contributed by atoms with van der Waals surface area (Å²) in [7, 11) is 0. The monoisotopic (exact) mass is 231 g/mol. The molecule has 0 saturated carbocycles. The molecule has 0 aliphatic heterocycles. The molecule has 0 atom stereocenters. The molecule has 0 aliphatic rings. The Hall–Kier alpha value is -0.580. The molecule has 2 aromatic heterocycles. The molecular formula is C8H6ClNOS2. The quantitative estimate of drug-likeness (QED) is 0.808. The maximum Gasteiger partial charge on any atom is 0.274 e. The highest BCUT2D eigenvalue weighted by molar-refractivity contribution is 7.12. The van der Waals surface area contributed by atoms with Crippen molar-refractivity contribution in [2.75, 3.05) is 0 Å². The lowest BCUT2D eigenvalue weighted by Gasteiger charge is -1.97. The zero-order valence-corrected chi connectivity index (χ0v) is 8.96. The average Bonchev–Trinajstić information content (AvgIpc) is 2.71. The molecule has 68 valence electrons. The van der Waals surface area contributed by atoms with Gasteiger partial charge < -0.3 is 4.74 Å². The van der Waals surface area contributed by atoms with Crippen LogP contribution in [0.25, 0.3) is 0 Å². The van der Waals surface area contributed by atoms with Crippen LogP contribution in [-0.4, -0.2) is 4.98 Å². The first-order valence-electron chi connectivity index (χ1n) is 3.61. The fourth-order valence-electron chi connectivity index (χ4n) is 0.833. The van der Waals surface area contributed by atoms with Crippen molar-refractivity contribution in [1.29, 1.82) is 0 Å². The first-order chi connectivity index (χ1) is 6.34. The van der Waals surface area contributed by atoms with E-state index < -0.39 is 0 Å². The molecule has 0 aliphatic carbocycles. The molecule has 0 aromatic carbocycles. The molecule has 0 fully saturated rings. The van der Waals surface area contributed by atoms with Crippen LogP contribution in [0, 0.1) is 0 Å². The minimum Gasteiger partial charge on any atom is -0.464 e. The summed E-state index contributed by atoms with van der Waals surface area (Å²) in [6.07, 6.45) is 0.